The molecule has 0 atom stereocenters. The number of hydrogen-bond acceptors (Lipinski definition) is 5. The summed E-state index contributed by atoms with van der Waals surface area (Å²) in [5.74, 6) is -1.47. The second-order valence-corrected chi connectivity index (χ2v) is 12.6. The summed E-state index contributed by atoms with van der Waals surface area (Å²) in [4.78, 5) is 26.7. The summed E-state index contributed by atoms with van der Waals surface area (Å²) in [6, 6.07) is 6.27. The van der Waals surface area contributed by atoms with Gasteiger partial charge in [0, 0.05) is 24.6 Å². The zero-order valence-corrected chi connectivity index (χ0v) is 21.9. The number of aryl methyl sites for hydroxylation is 1. The lowest BCUT2D eigenvalue weighted by Gasteiger charge is -2.32. The number of aromatic nitrogens is 2. The van der Waals surface area contributed by atoms with Crippen molar-refractivity contribution in [3.63, 3.8) is 0 Å². The van der Waals surface area contributed by atoms with Gasteiger partial charge in [-0.2, -0.15) is 8.78 Å². The van der Waals surface area contributed by atoms with Gasteiger partial charge in [-0.05, 0) is 56.7 Å². The Balaban J connectivity index is 1.83. The van der Waals surface area contributed by atoms with E-state index in [1.54, 1.807) is 20.8 Å². The molecule has 4 rings (SSSR count). The molecule has 2 heterocycles. The van der Waals surface area contributed by atoms with E-state index in [1.165, 1.54) is 33.4 Å². The van der Waals surface area contributed by atoms with Gasteiger partial charge in [0.1, 0.15) is 21.4 Å². The summed E-state index contributed by atoms with van der Waals surface area (Å²) in [6.07, 6.45) is 0.604. The van der Waals surface area contributed by atoms with Crippen LogP contribution in [-0.2, 0) is 9.84 Å². The van der Waals surface area contributed by atoms with Crippen molar-refractivity contribution >= 4 is 26.7 Å². The topological polar surface area (TPSA) is 87.4 Å². The van der Waals surface area contributed by atoms with Crippen molar-refractivity contribution in [3.05, 3.63) is 57.8 Å². The molecule has 2 aromatic carbocycles. The summed E-state index contributed by atoms with van der Waals surface area (Å²) in [7, 11) is -3.12. The number of rotatable bonds is 7. The summed E-state index contributed by atoms with van der Waals surface area (Å²) in [5.41, 5.74) is 0.0567. The smallest absolute Gasteiger partial charge is 0.387 e. The number of hydrogen-bond donors (Lipinski definition) is 0. The number of fused-ring (bicyclic) bond motifs is 1. The van der Waals surface area contributed by atoms with Gasteiger partial charge in [0.15, 0.2) is 5.78 Å². The van der Waals surface area contributed by atoms with E-state index < -0.39 is 39.2 Å². The summed E-state index contributed by atoms with van der Waals surface area (Å²) < 4.78 is 71.8. The molecule has 1 saturated heterocycles. The monoisotopic (exact) mass is 538 g/mol. The highest BCUT2D eigenvalue weighted by Crippen LogP contribution is 2.37. The van der Waals surface area contributed by atoms with Crippen molar-refractivity contribution in [2.75, 3.05) is 11.5 Å². The van der Waals surface area contributed by atoms with Crippen LogP contribution in [0.5, 0.6) is 5.75 Å². The van der Waals surface area contributed by atoms with E-state index in [1.807, 2.05) is 6.92 Å². The predicted octanol–water partition coefficient (Wildman–Crippen LogP) is 5.21. The molecule has 3 aromatic rings. The number of halogens is 3. The van der Waals surface area contributed by atoms with Gasteiger partial charge in [0.2, 0.25) is 0 Å². The molecule has 0 saturated carbocycles. The zero-order valence-electron chi connectivity index (χ0n) is 21.1. The second kappa shape index (κ2) is 9.66. The molecule has 0 aliphatic carbocycles. The maximum Gasteiger partial charge on any atom is 0.387 e. The van der Waals surface area contributed by atoms with Crippen LogP contribution in [-0.4, -0.2) is 41.5 Å². The third-order valence-corrected chi connectivity index (χ3v) is 8.70. The normalized spacial score (nSPS) is 17.0. The van der Waals surface area contributed by atoms with Crippen molar-refractivity contribution < 1.29 is 31.1 Å². The van der Waals surface area contributed by atoms with E-state index in [0.29, 0.717) is 23.9 Å². The van der Waals surface area contributed by atoms with Crippen LogP contribution >= 0.6 is 0 Å². The van der Waals surface area contributed by atoms with Crippen LogP contribution in [0.2, 0.25) is 0 Å². The maximum absolute atomic E-state index is 15.4. The average molecular weight is 539 g/mol. The largest absolute Gasteiger partial charge is 0.435 e. The molecule has 0 spiro atoms. The van der Waals surface area contributed by atoms with Crippen molar-refractivity contribution in [1.82, 2.24) is 9.13 Å². The first kappa shape index (κ1) is 27.0. The number of alkyl halides is 2. The van der Waals surface area contributed by atoms with Gasteiger partial charge in [-0.15, -0.1) is 0 Å². The van der Waals surface area contributed by atoms with Gasteiger partial charge < -0.3 is 4.74 Å². The second-order valence-electron chi connectivity index (χ2n) is 10.3. The minimum Gasteiger partial charge on any atom is -0.435 e. The Labute approximate surface area is 212 Å². The van der Waals surface area contributed by atoms with E-state index in [4.69, 9.17) is 0 Å². The Hall–Kier alpha value is -3.08. The lowest BCUT2D eigenvalue weighted by Crippen LogP contribution is -2.33. The fourth-order valence-corrected chi connectivity index (χ4v) is 6.69. The minimum absolute atomic E-state index is 0.0122. The fourth-order valence-electron chi connectivity index (χ4n) is 4.88. The standard InChI is InChI=1S/C26H29F3N2O5S/c1-15(2)30-21-12-18(23(32)14-26(4)7-9-37(34,35)10-8-26)19(27)13-22(21)31(25(30)33)20-11-17(36-24(28)29)6-5-16(20)3/h5-6,11-13,15,24H,7-10,14H2,1-4H3. The Morgan fingerprint density at radius 1 is 1.11 bits per heavy atom. The van der Waals surface area contributed by atoms with Crippen molar-refractivity contribution in [3.8, 4) is 11.4 Å². The average Bonchev–Trinajstić information content (AvgIpc) is 3.07. The van der Waals surface area contributed by atoms with Crippen molar-refractivity contribution in [2.45, 2.75) is 59.6 Å². The molecule has 0 N–H and O–H groups in total. The number of imidazole rings is 1. The number of nitrogens with zero attached hydrogens (tertiary/aromatic N) is 2. The van der Waals surface area contributed by atoms with E-state index in [2.05, 4.69) is 4.74 Å². The highest BCUT2D eigenvalue weighted by Gasteiger charge is 2.36. The Morgan fingerprint density at radius 2 is 1.76 bits per heavy atom. The number of ketones is 1. The van der Waals surface area contributed by atoms with Gasteiger partial charge in [-0.3, -0.25) is 13.9 Å². The van der Waals surface area contributed by atoms with E-state index in [9.17, 15) is 26.8 Å². The molecule has 1 aliphatic heterocycles. The van der Waals surface area contributed by atoms with Gasteiger partial charge in [0.05, 0.1) is 33.8 Å². The van der Waals surface area contributed by atoms with Crippen LogP contribution in [0.4, 0.5) is 13.2 Å². The Morgan fingerprint density at radius 3 is 2.35 bits per heavy atom. The van der Waals surface area contributed by atoms with Crippen LogP contribution in [0.25, 0.3) is 16.7 Å². The molecule has 0 radical (unpaired) electrons. The van der Waals surface area contributed by atoms with Crippen molar-refractivity contribution in [1.29, 1.82) is 0 Å². The molecule has 1 aromatic heterocycles. The van der Waals surface area contributed by atoms with E-state index in [0.717, 1.165) is 6.07 Å². The Kier molecular flexibility index (Phi) is 7.04. The molecule has 1 fully saturated rings. The summed E-state index contributed by atoms with van der Waals surface area (Å²) in [5, 5.41) is 0. The number of sulfone groups is 1. The minimum atomic E-state index is -3.12. The van der Waals surface area contributed by atoms with E-state index in [-0.39, 0.29) is 46.5 Å². The number of carbonyl (C=O) groups excluding carboxylic acids is 1. The van der Waals surface area contributed by atoms with Gasteiger partial charge >= 0.3 is 12.3 Å². The number of ether oxygens (including phenoxy) is 1. The lowest BCUT2D eigenvalue weighted by atomic mass is 9.78. The summed E-state index contributed by atoms with van der Waals surface area (Å²) >= 11 is 0. The lowest BCUT2D eigenvalue weighted by molar-refractivity contribution is -0.0498. The quantitative estimate of drug-likeness (QED) is 0.386. The third kappa shape index (κ3) is 5.32. The summed E-state index contributed by atoms with van der Waals surface area (Å²) in [6.45, 7) is 3.99. The first-order valence-electron chi connectivity index (χ1n) is 12.0. The number of benzene rings is 2. The fraction of sp³-hybridized carbons (Fsp3) is 0.462. The van der Waals surface area contributed by atoms with Gasteiger partial charge in [0.25, 0.3) is 0 Å². The van der Waals surface area contributed by atoms with Crippen LogP contribution in [0.1, 0.15) is 62.0 Å². The molecular formula is C26H29F3N2O5S. The third-order valence-electron chi connectivity index (χ3n) is 7.05. The first-order valence-corrected chi connectivity index (χ1v) is 13.8. The Bertz CT molecular complexity index is 1530. The highest BCUT2D eigenvalue weighted by molar-refractivity contribution is 7.91. The van der Waals surface area contributed by atoms with Crippen molar-refractivity contribution in [2.24, 2.45) is 5.41 Å². The molecular weight excluding hydrogens is 509 g/mol. The molecule has 1 aliphatic rings. The highest BCUT2D eigenvalue weighted by atomic mass is 32.2. The zero-order chi connectivity index (χ0) is 27.3. The predicted molar refractivity (Wildman–Crippen MR) is 134 cm³/mol. The number of Topliss-reactive ketones (excluding diaryl/α,β-unsaturated/α-hetero) is 1. The molecule has 11 heteroatoms. The van der Waals surface area contributed by atoms with Crippen LogP contribution in [0, 0.1) is 18.2 Å². The molecule has 0 unspecified atom stereocenters. The molecule has 200 valence electrons. The van der Waals surface area contributed by atoms with E-state index >= 15 is 4.39 Å². The number of carbonyl (C=O) groups is 1. The van der Waals surface area contributed by atoms with Gasteiger partial charge in [-0.25, -0.2) is 17.6 Å². The molecule has 0 amide bonds. The molecule has 7 nitrogen and oxygen atoms in total. The molecule has 0 bridgehead atoms. The molecule has 37 heavy (non-hydrogen) atoms. The SMILES string of the molecule is Cc1ccc(OC(F)F)cc1-n1c(=O)n(C(C)C)c2cc(C(=O)CC3(C)CCS(=O)(=O)CC3)c(F)cc21. The van der Waals surface area contributed by atoms with Crippen LogP contribution < -0.4 is 10.4 Å². The first-order chi connectivity index (χ1) is 17.2. The van der Waals surface area contributed by atoms with Gasteiger partial charge in [-0.1, -0.05) is 13.0 Å². The van der Waals surface area contributed by atoms with Crippen LogP contribution in [0.3, 0.4) is 0 Å². The van der Waals surface area contributed by atoms with Crippen LogP contribution in [0.15, 0.2) is 35.1 Å². The maximum atomic E-state index is 15.4.